The molecule has 4 rings (SSSR count). The first-order valence-corrected chi connectivity index (χ1v) is 10.7. The minimum atomic E-state index is -0.701. The second kappa shape index (κ2) is 8.36. The topological polar surface area (TPSA) is 76.3 Å². The number of benzene rings is 1. The zero-order chi connectivity index (χ0) is 20.3. The summed E-state index contributed by atoms with van der Waals surface area (Å²) in [6.45, 7) is 1.05. The van der Waals surface area contributed by atoms with Gasteiger partial charge in [-0.1, -0.05) is 43.5 Å². The molecule has 1 aliphatic carbocycles. The molecule has 1 unspecified atom stereocenters. The molecule has 2 fully saturated rings. The van der Waals surface area contributed by atoms with Crippen molar-refractivity contribution < 1.29 is 9.59 Å². The maximum absolute atomic E-state index is 13.0. The van der Waals surface area contributed by atoms with E-state index in [0.29, 0.717) is 25.9 Å². The van der Waals surface area contributed by atoms with E-state index in [1.807, 2.05) is 29.2 Å². The van der Waals surface area contributed by atoms with E-state index in [4.69, 9.17) is 5.73 Å². The number of primary amides is 1. The van der Waals surface area contributed by atoms with Crippen molar-refractivity contribution in [3.8, 4) is 11.1 Å². The summed E-state index contributed by atoms with van der Waals surface area (Å²) in [5, 5.41) is 0. The fourth-order valence-electron chi connectivity index (χ4n) is 4.95. The van der Waals surface area contributed by atoms with Crippen LogP contribution >= 0.6 is 0 Å². The molecule has 2 amide bonds. The number of nitrogens with two attached hydrogens (primary N) is 1. The molecule has 2 N–H and O–H groups in total. The third-order valence-electron chi connectivity index (χ3n) is 6.68. The fraction of sp³-hybridized carbons (Fsp3) is 0.458. The van der Waals surface area contributed by atoms with Crippen LogP contribution in [-0.4, -0.2) is 34.8 Å². The number of amides is 2. The molecule has 1 aliphatic heterocycles. The van der Waals surface area contributed by atoms with Crippen LogP contribution in [0, 0.1) is 11.3 Å². The largest absolute Gasteiger partial charge is 0.369 e. The van der Waals surface area contributed by atoms with E-state index in [2.05, 4.69) is 17.1 Å². The van der Waals surface area contributed by atoms with Gasteiger partial charge in [-0.25, -0.2) is 0 Å². The van der Waals surface area contributed by atoms with E-state index in [0.717, 1.165) is 42.4 Å². The van der Waals surface area contributed by atoms with Crippen molar-refractivity contribution in [1.82, 2.24) is 9.88 Å². The van der Waals surface area contributed by atoms with Gasteiger partial charge in [-0.2, -0.15) is 0 Å². The Hall–Kier alpha value is -2.69. The van der Waals surface area contributed by atoms with Crippen LogP contribution in [0.4, 0.5) is 0 Å². The maximum atomic E-state index is 13.0. The van der Waals surface area contributed by atoms with E-state index >= 15 is 0 Å². The molecule has 152 valence electrons. The monoisotopic (exact) mass is 391 g/mol. The van der Waals surface area contributed by atoms with Gasteiger partial charge in [0.2, 0.25) is 11.8 Å². The number of carbonyl (C=O) groups excluding carboxylic acids is 2. The van der Waals surface area contributed by atoms with Gasteiger partial charge in [-0.05, 0) is 54.5 Å². The lowest BCUT2D eigenvalue weighted by Gasteiger charge is -2.29. The lowest BCUT2D eigenvalue weighted by atomic mass is 9.78. The number of pyridine rings is 1. The number of hydrogen-bond acceptors (Lipinski definition) is 3. The Morgan fingerprint density at radius 2 is 1.79 bits per heavy atom. The predicted octanol–water partition coefficient (Wildman–Crippen LogP) is 3.58. The first-order chi connectivity index (χ1) is 14.1. The van der Waals surface area contributed by atoms with Gasteiger partial charge in [0.05, 0.1) is 5.41 Å². The van der Waals surface area contributed by atoms with Crippen molar-refractivity contribution in [1.29, 1.82) is 0 Å². The second-order valence-corrected chi connectivity index (χ2v) is 8.56. The van der Waals surface area contributed by atoms with E-state index in [9.17, 15) is 9.59 Å². The maximum Gasteiger partial charge on any atom is 0.225 e. The molecule has 2 heterocycles. The van der Waals surface area contributed by atoms with Crippen molar-refractivity contribution in [3.63, 3.8) is 0 Å². The average molecular weight is 392 g/mol. The minimum absolute atomic E-state index is 0.122. The summed E-state index contributed by atoms with van der Waals surface area (Å²) in [5.74, 6) is 0.0350. The van der Waals surface area contributed by atoms with Gasteiger partial charge in [-0.15, -0.1) is 0 Å². The van der Waals surface area contributed by atoms with Crippen molar-refractivity contribution in [2.24, 2.45) is 17.1 Å². The minimum Gasteiger partial charge on any atom is -0.369 e. The molecule has 2 aromatic rings. The zero-order valence-electron chi connectivity index (χ0n) is 16.8. The standard InChI is InChI=1S/C24H29N3O2/c25-23(29)24(12-15-27(17-24)22(28)19-6-2-1-3-7-19)16-20-8-4-5-9-21(20)18-10-13-26-14-11-18/h4-5,8-11,13-14,19H,1-3,6-7,12,15-17H2,(H2,25,29). The van der Waals surface area contributed by atoms with Gasteiger partial charge in [-0.3, -0.25) is 14.6 Å². The summed E-state index contributed by atoms with van der Waals surface area (Å²) in [6, 6.07) is 12.1. The molecule has 1 atom stereocenters. The number of likely N-dealkylation sites (tertiary alicyclic amines) is 1. The summed E-state index contributed by atoms with van der Waals surface area (Å²) >= 11 is 0. The van der Waals surface area contributed by atoms with Crippen molar-refractivity contribution in [3.05, 3.63) is 54.4 Å². The van der Waals surface area contributed by atoms with Crippen LogP contribution in [-0.2, 0) is 16.0 Å². The molecular weight excluding hydrogens is 362 g/mol. The summed E-state index contributed by atoms with van der Waals surface area (Å²) in [6.07, 6.45) is 10.2. The molecule has 1 saturated heterocycles. The van der Waals surface area contributed by atoms with Crippen LogP contribution in [0.15, 0.2) is 48.8 Å². The summed E-state index contributed by atoms with van der Waals surface area (Å²) in [7, 11) is 0. The Labute approximate surface area is 172 Å². The first kappa shape index (κ1) is 19.6. The molecule has 0 bridgehead atoms. The Morgan fingerprint density at radius 3 is 2.52 bits per heavy atom. The van der Waals surface area contributed by atoms with E-state index < -0.39 is 5.41 Å². The molecule has 1 aromatic heterocycles. The smallest absolute Gasteiger partial charge is 0.225 e. The van der Waals surface area contributed by atoms with Crippen LogP contribution < -0.4 is 5.73 Å². The van der Waals surface area contributed by atoms with Crippen LogP contribution in [0.25, 0.3) is 11.1 Å². The second-order valence-electron chi connectivity index (χ2n) is 8.56. The zero-order valence-corrected chi connectivity index (χ0v) is 16.8. The third kappa shape index (κ3) is 4.04. The van der Waals surface area contributed by atoms with Gasteiger partial charge in [0.25, 0.3) is 0 Å². The van der Waals surface area contributed by atoms with E-state index in [1.54, 1.807) is 12.4 Å². The summed E-state index contributed by atoms with van der Waals surface area (Å²) in [4.78, 5) is 31.6. The van der Waals surface area contributed by atoms with Gasteiger partial charge in [0.1, 0.15) is 0 Å². The molecule has 0 radical (unpaired) electrons. The average Bonchev–Trinajstić information content (AvgIpc) is 3.20. The Balaban J connectivity index is 1.57. The highest BCUT2D eigenvalue weighted by atomic mass is 16.2. The number of carbonyl (C=O) groups is 2. The van der Waals surface area contributed by atoms with Crippen LogP contribution in [0.2, 0.25) is 0 Å². The highest BCUT2D eigenvalue weighted by Gasteiger charge is 2.46. The Bertz CT molecular complexity index is 877. The van der Waals surface area contributed by atoms with Crippen LogP contribution in [0.5, 0.6) is 0 Å². The van der Waals surface area contributed by atoms with Gasteiger partial charge >= 0.3 is 0 Å². The van der Waals surface area contributed by atoms with Crippen molar-refractivity contribution in [2.45, 2.75) is 44.9 Å². The molecule has 2 aliphatic rings. The SMILES string of the molecule is NC(=O)C1(Cc2ccccc2-c2ccncc2)CCN(C(=O)C2CCCCC2)C1. The lowest BCUT2D eigenvalue weighted by Crippen LogP contribution is -2.43. The number of nitrogens with zero attached hydrogens (tertiary/aromatic N) is 2. The molecule has 5 heteroatoms. The Kier molecular flexibility index (Phi) is 5.65. The van der Waals surface area contributed by atoms with E-state index in [1.165, 1.54) is 6.42 Å². The van der Waals surface area contributed by atoms with E-state index in [-0.39, 0.29) is 17.7 Å². The normalized spacial score (nSPS) is 22.6. The number of hydrogen-bond donors (Lipinski definition) is 1. The quantitative estimate of drug-likeness (QED) is 0.846. The fourth-order valence-corrected chi connectivity index (χ4v) is 4.95. The third-order valence-corrected chi connectivity index (χ3v) is 6.68. The number of aromatic nitrogens is 1. The van der Waals surface area contributed by atoms with Gasteiger partial charge in [0, 0.05) is 31.4 Å². The molecule has 1 aromatic carbocycles. The van der Waals surface area contributed by atoms with Crippen molar-refractivity contribution >= 4 is 11.8 Å². The highest BCUT2D eigenvalue weighted by molar-refractivity contribution is 5.85. The Morgan fingerprint density at radius 1 is 1.07 bits per heavy atom. The van der Waals surface area contributed by atoms with Gasteiger partial charge < -0.3 is 10.6 Å². The molecule has 5 nitrogen and oxygen atoms in total. The predicted molar refractivity (Wildman–Crippen MR) is 113 cm³/mol. The molecular formula is C24H29N3O2. The lowest BCUT2D eigenvalue weighted by molar-refractivity contribution is -0.136. The first-order valence-electron chi connectivity index (χ1n) is 10.7. The van der Waals surface area contributed by atoms with Gasteiger partial charge in [0.15, 0.2) is 0 Å². The van der Waals surface area contributed by atoms with Crippen LogP contribution in [0.3, 0.4) is 0 Å². The highest BCUT2D eigenvalue weighted by Crippen LogP contribution is 2.38. The molecule has 0 spiro atoms. The molecule has 1 saturated carbocycles. The molecule has 29 heavy (non-hydrogen) atoms. The van der Waals surface area contributed by atoms with Crippen LogP contribution in [0.1, 0.15) is 44.1 Å². The number of rotatable bonds is 5. The van der Waals surface area contributed by atoms with Crippen molar-refractivity contribution in [2.75, 3.05) is 13.1 Å². The summed E-state index contributed by atoms with van der Waals surface area (Å²) < 4.78 is 0. The summed E-state index contributed by atoms with van der Waals surface area (Å²) in [5.41, 5.74) is 8.47.